The maximum absolute atomic E-state index is 11.9. The zero-order valence-corrected chi connectivity index (χ0v) is 16.4. The van der Waals surface area contributed by atoms with Crippen LogP contribution in [-0.4, -0.2) is 54.9 Å². The van der Waals surface area contributed by atoms with Crippen LogP contribution in [0.25, 0.3) is 0 Å². The van der Waals surface area contributed by atoms with Gasteiger partial charge in [0.2, 0.25) is 0 Å². The summed E-state index contributed by atoms with van der Waals surface area (Å²) >= 11 is 0. The number of methoxy groups -OCH3 is 1. The number of hydrogen-bond donors (Lipinski definition) is 1. The summed E-state index contributed by atoms with van der Waals surface area (Å²) in [5, 5.41) is 10.1. The van der Waals surface area contributed by atoms with Crippen molar-refractivity contribution >= 4 is 5.78 Å². The van der Waals surface area contributed by atoms with Gasteiger partial charge in [-0.2, -0.15) is 0 Å². The van der Waals surface area contributed by atoms with E-state index in [0.717, 1.165) is 30.0 Å². The first-order valence-electron chi connectivity index (χ1n) is 9.84. The van der Waals surface area contributed by atoms with Gasteiger partial charge in [-0.3, -0.25) is 4.79 Å². The van der Waals surface area contributed by atoms with E-state index >= 15 is 0 Å². The van der Waals surface area contributed by atoms with Gasteiger partial charge in [-0.25, -0.2) is 0 Å². The summed E-state index contributed by atoms with van der Waals surface area (Å²) < 4.78 is 17.0. The summed E-state index contributed by atoms with van der Waals surface area (Å²) in [6, 6.07) is 4.02. The Morgan fingerprint density at radius 1 is 1.46 bits per heavy atom. The molecule has 1 aromatic carbocycles. The minimum Gasteiger partial charge on any atom is -0.493 e. The largest absolute Gasteiger partial charge is 0.493 e. The van der Waals surface area contributed by atoms with Gasteiger partial charge in [-0.15, -0.1) is 0 Å². The molecule has 150 valence electrons. The minimum atomic E-state index is -0.491. The zero-order chi connectivity index (χ0) is 19.7. The van der Waals surface area contributed by atoms with Crippen molar-refractivity contribution in [2.24, 2.45) is 0 Å². The normalized spacial score (nSPS) is 27.9. The molecule has 0 amide bonds. The molecular weight excluding hydrogens is 358 g/mol. The van der Waals surface area contributed by atoms with Crippen molar-refractivity contribution in [3.05, 3.63) is 47.7 Å². The predicted molar refractivity (Wildman–Crippen MR) is 105 cm³/mol. The van der Waals surface area contributed by atoms with E-state index in [0.29, 0.717) is 19.6 Å². The highest BCUT2D eigenvalue weighted by Gasteiger charge is 2.52. The molecule has 2 aliphatic heterocycles. The molecule has 28 heavy (non-hydrogen) atoms. The number of carbonyl (C=O) groups excluding carboxylic acids is 1. The number of carbonyl (C=O) groups is 1. The van der Waals surface area contributed by atoms with Crippen molar-refractivity contribution < 1.29 is 24.1 Å². The molecule has 0 saturated carbocycles. The van der Waals surface area contributed by atoms with Crippen molar-refractivity contribution in [3.8, 4) is 11.5 Å². The second-order valence-electron chi connectivity index (χ2n) is 7.58. The predicted octanol–water partition coefficient (Wildman–Crippen LogP) is 2.34. The molecule has 1 spiro atoms. The number of hydrogen-bond acceptors (Lipinski definition) is 6. The highest BCUT2D eigenvalue weighted by Crippen LogP contribution is 2.55. The topological polar surface area (TPSA) is 68.2 Å². The van der Waals surface area contributed by atoms with Crippen LogP contribution in [0.5, 0.6) is 11.5 Å². The molecule has 0 aromatic heterocycles. The van der Waals surface area contributed by atoms with E-state index in [2.05, 4.69) is 17.0 Å². The van der Waals surface area contributed by atoms with Gasteiger partial charge in [-0.1, -0.05) is 18.2 Å². The summed E-state index contributed by atoms with van der Waals surface area (Å²) in [6.45, 7) is 4.00. The third-order valence-corrected chi connectivity index (χ3v) is 5.91. The van der Waals surface area contributed by atoms with Crippen LogP contribution in [0.15, 0.2) is 36.6 Å². The highest BCUT2D eigenvalue weighted by atomic mass is 16.5. The van der Waals surface area contributed by atoms with Crippen LogP contribution in [0, 0.1) is 0 Å². The average molecular weight is 385 g/mol. The van der Waals surface area contributed by atoms with E-state index < -0.39 is 6.10 Å². The van der Waals surface area contributed by atoms with Crippen LogP contribution in [0.2, 0.25) is 0 Å². The van der Waals surface area contributed by atoms with E-state index in [1.807, 2.05) is 25.3 Å². The lowest BCUT2D eigenvalue weighted by Gasteiger charge is -2.35. The monoisotopic (exact) mass is 385 g/mol. The molecule has 3 atom stereocenters. The summed E-state index contributed by atoms with van der Waals surface area (Å²) in [6.07, 6.45) is 8.28. The Kier molecular flexibility index (Phi) is 5.17. The van der Waals surface area contributed by atoms with Crippen molar-refractivity contribution in [3.63, 3.8) is 0 Å². The summed E-state index contributed by atoms with van der Waals surface area (Å²) in [5.74, 6) is 1.48. The number of aliphatic hydroxyl groups is 1. The van der Waals surface area contributed by atoms with Gasteiger partial charge in [0.25, 0.3) is 0 Å². The van der Waals surface area contributed by atoms with Gasteiger partial charge in [0, 0.05) is 37.9 Å². The molecule has 0 radical (unpaired) electrons. The Morgan fingerprint density at radius 3 is 3.11 bits per heavy atom. The molecule has 6 heteroatoms. The van der Waals surface area contributed by atoms with Crippen molar-refractivity contribution in [2.75, 3.05) is 26.9 Å². The molecule has 1 aromatic rings. The van der Waals surface area contributed by atoms with Gasteiger partial charge in [-0.05, 0) is 31.1 Å². The molecule has 1 aliphatic carbocycles. The second-order valence-corrected chi connectivity index (χ2v) is 7.58. The maximum atomic E-state index is 11.9. The first-order chi connectivity index (χ1) is 13.6. The maximum Gasteiger partial charge on any atom is 0.182 e. The average Bonchev–Trinajstić information content (AvgIpc) is 2.93. The molecule has 6 nitrogen and oxygen atoms in total. The number of ether oxygens (including phenoxy) is 3. The van der Waals surface area contributed by atoms with Crippen molar-refractivity contribution in [1.82, 2.24) is 4.90 Å². The van der Waals surface area contributed by atoms with Crippen LogP contribution < -0.4 is 9.47 Å². The molecule has 3 aliphatic rings. The highest BCUT2D eigenvalue weighted by molar-refractivity contribution is 5.90. The summed E-state index contributed by atoms with van der Waals surface area (Å²) in [7, 11) is 1.65. The molecule has 0 fully saturated rings. The van der Waals surface area contributed by atoms with Gasteiger partial charge in [0.1, 0.15) is 12.7 Å². The van der Waals surface area contributed by atoms with Crippen LogP contribution in [0.3, 0.4) is 0 Å². The van der Waals surface area contributed by atoms with Crippen LogP contribution in [-0.2, 0) is 21.5 Å². The number of ketones is 1. The number of aliphatic hydroxyl groups excluding tert-OH is 1. The standard InChI is InChI=1S/C22H27NO5/c1-3-27-14-17(25)7-10-23-11-9-22-8-6-16(24)12-19(22)28-21-18(26-2)5-4-15(13-23)20(21)22/h4-8,10,16,19,24H,3,9,11-14H2,1-2H3. The van der Waals surface area contributed by atoms with E-state index in [9.17, 15) is 9.90 Å². The van der Waals surface area contributed by atoms with E-state index in [-0.39, 0.29) is 23.9 Å². The molecule has 0 bridgehead atoms. The zero-order valence-electron chi connectivity index (χ0n) is 16.4. The summed E-state index contributed by atoms with van der Waals surface area (Å²) in [5.41, 5.74) is 2.06. The number of nitrogens with zero attached hydrogens (tertiary/aromatic N) is 1. The van der Waals surface area contributed by atoms with Crippen LogP contribution >= 0.6 is 0 Å². The van der Waals surface area contributed by atoms with E-state index in [4.69, 9.17) is 14.2 Å². The Labute approximate surface area is 165 Å². The van der Waals surface area contributed by atoms with Gasteiger partial charge < -0.3 is 24.2 Å². The number of benzene rings is 1. The van der Waals surface area contributed by atoms with E-state index in [1.165, 1.54) is 5.56 Å². The SMILES string of the molecule is CCOCC(=O)C=CN1CCC23C=CC(O)CC2Oc2c(OC)ccc(c23)C1. The lowest BCUT2D eigenvalue weighted by molar-refractivity contribution is -0.118. The fourth-order valence-electron chi connectivity index (χ4n) is 4.52. The Morgan fingerprint density at radius 2 is 2.32 bits per heavy atom. The fourth-order valence-corrected chi connectivity index (χ4v) is 4.52. The fraction of sp³-hybridized carbons (Fsp3) is 0.500. The van der Waals surface area contributed by atoms with E-state index in [1.54, 1.807) is 13.2 Å². The molecule has 1 N–H and O–H groups in total. The van der Waals surface area contributed by atoms with Gasteiger partial charge in [0.15, 0.2) is 17.3 Å². The molecule has 2 heterocycles. The second kappa shape index (κ2) is 7.60. The Bertz CT molecular complexity index is 817. The van der Waals surface area contributed by atoms with Gasteiger partial charge in [0.05, 0.1) is 18.6 Å². The quantitative estimate of drug-likeness (QED) is 0.599. The first-order valence-corrected chi connectivity index (χ1v) is 9.84. The molecular formula is C22H27NO5. The molecule has 3 unspecified atom stereocenters. The van der Waals surface area contributed by atoms with Crippen molar-refractivity contribution in [2.45, 2.75) is 43.9 Å². The third kappa shape index (κ3) is 3.20. The van der Waals surface area contributed by atoms with Crippen LogP contribution in [0.1, 0.15) is 30.9 Å². The lowest BCUT2D eigenvalue weighted by atomic mass is 9.69. The Hall–Kier alpha value is -2.31. The molecule has 0 saturated heterocycles. The Balaban J connectivity index is 1.67. The van der Waals surface area contributed by atoms with Crippen LogP contribution in [0.4, 0.5) is 0 Å². The van der Waals surface area contributed by atoms with Gasteiger partial charge >= 0.3 is 0 Å². The van der Waals surface area contributed by atoms with Crippen molar-refractivity contribution in [1.29, 1.82) is 0 Å². The summed E-state index contributed by atoms with van der Waals surface area (Å²) in [4.78, 5) is 14.1. The molecule has 4 rings (SSSR count). The first kappa shape index (κ1) is 19.0. The third-order valence-electron chi connectivity index (χ3n) is 5.91. The smallest absolute Gasteiger partial charge is 0.182 e. The minimum absolute atomic E-state index is 0.0366. The lowest BCUT2D eigenvalue weighted by Crippen LogP contribution is -2.42. The number of rotatable bonds is 6.